The van der Waals surface area contributed by atoms with Crippen LogP contribution in [0, 0.1) is 0 Å². The van der Waals surface area contributed by atoms with Gasteiger partial charge in [-0.25, -0.2) is 9.79 Å². The van der Waals surface area contributed by atoms with Crippen LogP contribution in [-0.2, 0) is 19.0 Å². The van der Waals surface area contributed by atoms with Crippen molar-refractivity contribution in [2.24, 2.45) is 4.99 Å². The van der Waals surface area contributed by atoms with E-state index in [1.165, 1.54) is 0 Å². The van der Waals surface area contributed by atoms with Gasteiger partial charge in [-0.3, -0.25) is 0 Å². The molecule has 0 radical (unpaired) electrons. The lowest BCUT2D eigenvalue weighted by molar-refractivity contribution is -0.143. The molecule has 0 aromatic heterocycles. The van der Waals surface area contributed by atoms with E-state index in [1.807, 2.05) is 0 Å². The van der Waals surface area contributed by atoms with Crippen LogP contribution in [0.3, 0.4) is 0 Å². The second-order valence-electron chi connectivity index (χ2n) is 5.50. The number of para-hydroxylation sites is 1. The van der Waals surface area contributed by atoms with Crippen LogP contribution in [0.2, 0.25) is 0 Å². The molecule has 1 aromatic carbocycles. The smallest absolute Gasteiger partial charge is 0.335 e. The minimum atomic E-state index is -1.31. The highest BCUT2D eigenvalue weighted by molar-refractivity contribution is 6.01. The Morgan fingerprint density at radius 3 is 2.72 bits per heavy atom. The topological polar surface area (TPSA) is 107 Å². The van der Waals surface area contributed by atoms with Crippen molar-refractivity contribution in [3.63, 3.8) is 0 Å². The molecule has 1 aliphatic heterocycles. The first kappa shape index (κ1) is 19.0. The lowest BCUT2D eigenvalue weighted by Crippen LogP contribution is -2.37. The van der Waals surface area contributed by atoms with Crippen LogP contribution in [0.1, 0.15) is 18.9 Å². The molecule has 0 amide bonds. The normalized spacial score (nSPS) is 19.4. The molecule has 2 N–H and O–H groups in total. The summed E-state index contributed by atoms with van der Waals surface area (Å²) in [7, 11) is 1.59. The quantitative estimate of drug-likeness (QED) is 0.613. The Bertz CT molecular complexity index is 631. The van der Waals surface area contributed by atoms with Crippen molar-refractivity contribution in [3.05, 3.63) is 23.8 Å². The van der Waals surface area contributed by atoms with Crippen molar-refractivity contribution in [3.8, 4) is 11.5 Å². The molecule has 1 atom stereocenters. The third-order valence-corrected chi connectivity index (χ3v) is 3.89. The van der Waals surface area contributed by atoms with Crippen LogP contribution in [0.25, 0.3) is 0 Å². The Balaban J connectivity index is 2.06. The largest absolute Gasteiger partial charge is 0.504 e. The molecule has 0 bridgehead atoms. The predicted molar refractivity (Wildman–Crippen MR) is 89.4 cm³/mol. The fourth-order valence-corrected chi connectivity index (χ4v) is 2.29. The molecule has 0 aliphatic carbocycles. The molecule has 0 spiro atoms. The molecule has 1 aliphatic rings. The average molecular weight is 353 g/mol. The summed E-state index contributed by atoms with van der Waals surface area (Å²) in [5.41, 5.74) is -1.01. The first-order valence-electron chi connectivity index (χ1n) is 8.02. The van der Waals surface area contributed by atoms with Gasteiger partial charge in [0, 0.05) is 7.11 Å². The summed E-state index contributed by atoms with van der Waals surface area (Å²) in [5, 5.41) is 19.7. The summed E-state index contributed by atoms with van der Waals surface area (Å²) >= 11 is 0. The number of rotatable bonds is 10. The Kier molecular flexibility index (Phi) is 6.60. The molecule has 1 unspecified atom stereocenters. The molecule has 25 heavy (non-hydrogen) atoms. The average Bonchev–Trinajstić information content (AvgIpc) is 3.05. The lowest BCUT2D eigenvalue weighted by Gasteiger charge is -2.15. The summed E-state index contributed by atoms with van der Waals surface area (Å²) in [5.74, 6) is -0.840. The van der Waals surface area contributed by atoms with E-state index in [9.17, 15) is 15.0 Å². The number of aliphatic imine (C=N–C) groups is 1. The van der Waals surface area contributed by atoms with Crippen molar-refractivity contribution in [1.82, 2.24) is 0 Å². The van der Waals surface area contributed by atoms with Gasteiger partial charge in [0.15, 0.2) is 17.0 Å². The number of aliphatic carboxylic acids is 1. The third-order valence-electron chi connectivity index (χ3n) is 3.89. The van der Waals surface area contributed by atoms with Crippen molar-refractivity contribution in [1.29, 1.82) is 0 Å². The molecule has 8 heteroatoms. The second-order valence-corrected chi connectivity index (χ2v) is 5.50. The van der Waals surface area contributed by atoms with Gasteiger partial charge in [-0.1, -0.05) is 13.0 Å². The summed E-state index contributed by atoms with van der Waals surface area (Å²) < 4.78 is 21.1. The zero-order valence-electron chi connectivity index (χ0n) is 14.4. The highest BCUT2D eigenvalue weighted by atomic mass is 16.5. The minimum Gasteiger partial charge on any atom is -0.504 e. The number of ether oxygens (including phenoxy) is 4. The number of hydrogen-bond acceptors (Lipinski definition) is 7. The predicted octanol–water partition coefficient (Wildman–Crippen LogP) is 1.44. The zero-order valence-corrected chi connectivity index (χ0v) is 14.4. The Hall–Kier alpha value is -2.32. The first-order valence-corrected chi connectivity index (χ1v) is 8.02. The highest BCUT2D eigenvalue weighted by Crippen LogP contribution is 2.34. The third kappa shape index (κ3) is 4.40. The number of nitrogens with zero attached hydrogens (tertiary/aromatic N) is 1. The number of benzene rings is 1. The first-order chi connectivity index (χ1) is 12.0. The summed E-state index contributed by atoms with van der Waals surface area (Å²) in [4.78, 5) is 15.6. The van der Waals surface area contributed by atoms with Gasteiger partial charge in [-0.2, -0.15) is 0 Å². The van der Waals surface area contributed by atoms with E-state index in [4.69, 9.17) is 18.9 Å². The SMILES string of the molecule is CCC1(C(=O)O)COC(c2cccc(OCCOCCOC)c2O)=N1. The van der Waals surface area contributed by atoms with Crippen molar-refractivity contribution < 1.29 is 34.0 Å². The molecular weight excluding hydrogens is 330 g/mol. The van der Waals surface area contributed by atoms with Crippen molar-refractivity contribution in [2.75, 3.05) is 40.1 Å². The van der Waals surface area contributed by atoms with E-state index in [2.05, 4.69) is 4.99 Å². The van der Waals surface area contributed by atoms with Crippen LogP contribution in [0.15, 0.2) is 23.2 Å². The number of phenolic OH excluding ortho intramolecular Hbond substituents is 1. The molecule has 8 nitrogen and oxygen atoms in total. The fraction of sp³-hybridized carbons (Fsp3) is 0.529. The summed E-state index contributed by atoms with van der Waals surface area (Å²) in [6, 6.07) is 4.88. The van der Waals surface area contributed by atoms with E-state index in [-0.39, 0.29) is 30.6 Å². The van der Waals surface area contributed by atoms with Gasteiger partial charge in [-0.05, 0) is 18.6 Å². The maximum atomic E-state index is 11.4. The number of hydrogen-bond donors (Lipinski definition) is 2. The Morgan fingerprint density at radius 1 is 1.32 bits per heavy atom. The molecular formula is C17H23NO7. The summed E-state index contributed by atoms with van der Waals surface area (Å²) in [6.45, 7) is 3.23. The van der Waals surface area contributed by atoms with E-state index >= 15 is 0 Å². The Morgan fingerprint density at radius 2 is 2.08 bits per heavy atom. The molecule has 138 valence electrons. The number of carboxylic acid groups (broad SMARTS) is 1. The van der Waals surface area contributed by atoms with Crippen molar-refractivity contribution >= 4 is 11.9 Å². The van der Waals surface area contributed by atoms with Crippen LogP contribution in [0.4, 0.5) is 0 Å². The summed E-state index contributed by atoms with van der Waals surface area (Å²) in [6.07, 6.45) is 0.293. The lowest BCUT2D eigenvalue weighted by atomic mass is 9.99. The minimum absolute atomic E-state index is 0.0635. The van der Waals surface area contributed by atoms with Gasteiger partial charge in [0.05, 0.1) is 25.4 Å². The molecule has 0 saturated carbocycles. The fourth-order valence-electron chi connectivity index (χ4n) is 2.29. The Labute approximate surface area is 146 Å². The van der Waals surface area contributed by atoms with Crippen LogP contribution < -0.4 is 4.74 Å². The number of carboxylic acids is 1. The second kappa shape index (κ2) is 8.68. The van der Waals surface area contributed by atoms with Gasteiger partial charge in [0.1, 0.15) is 13.2 Å². The van der Waals surface area contributed by atoms with E-state index in [1.54, 1.807) is 32.2 Å². The maximum Gasteiger partial charge on any atom is 0.335 e. The number of carbonyl (C=O) groups is 1. The van der Waals surface area contributed by atoms with Gasteiger partial charge >= 0.3 is 5.97 Å². The molecule has 2 rings (SSSR count). The van der Waals surface area contributed by atoms with E-state index < -0.39 is 11.5 Å². The monoisotopic (exact) mass is 353 g/mol. The zero-order chi connectivity index (χ0) is 18.3. The van der Waals surface area contributed by atoms with Crippen LogP contribution in [-0.4, -0.2) is 67.8 Å². The standard InChI is InChI=1S/C17H23NO7/c1-3-17(16(20)21)11-25-15(18-17)12-5-4-6-13(14(12)19)24-10-9-23-8-7-22-2/h4-6,19H,3,7-11H2,1-2H3,(H,20,21). The van der Waals surface area contributed by atoms with Gasteiger partial charge in [-0.15, -0.1) is 0 Å². The van der Waals surface area contributed by atoms with Crippen molar-refractivity contribution in [2.45, 2.75) is 18.9 Å². The van der Waals surface area contributed by atoms with E-state index in [0.717, 1.165) is 0 Å². The van der Waals surface area contributed by atoms with E-state index in [0.29, 0.717) is 31.8 Å². The molecule has 1 aromatic rings. The maximum absolute atomic E-state index is 11.4. The number of phenols is 1. The molecule has 0 saturated heterocycles. The number of methoxy groups -OCH3 is 1. The van der Waals surface area contributed by atoms with Gasteiger partial charge < -0.3 is 29.2 Å². The molecule has 0 fully saturated rings. The van der Waals surface area contributed by atoms with Gasteiger partial charge in [0.2, 0.25) is 5.90 Å². The van der Waals surface area contributed by atoms with Crippen LogP contribution in [0.5, 0.6) is 11.5 Å². The molecule has 1 heterocycles. The number of aromatic hydroxyl groups is 1. The van der Waals surface area contributed by atoms with Gasteiger partial charge in [0.25, 0.3) is 0 Å². The van der Waals surface area contributed by atoms with Crippen LogP contribution >= 0.6 is 0 Å². The highest BCUT2D eigenvalue weighted by Gasteiger charge is 2.43.